The lowest BCUT2D eigenvalue weighted by Crippen LogP contribution is -2.27. The zero-order chi connectivity index (χ0) is 21.0. The average molecular weight is 400 g/mol. The third-order valence-electron chi connectivity index (χ3n) is 4.11. The molecule has 1 aromatic carbocycles. The van der Waals surface area contributed by atoms with Crippen LogP contribution >= 0.6 is 0 Å². The molecule has 0 atom stereocenters. The molecule has 2 aromatic heterocycles. The van der Waals surface area contributed by atoms with E-state index in [1.807, 2.05) is 0 Å². The fraction of sp³-hybridized carbons (Fsp3) is 0.150. The van der Waals surface area contributed by atoms with E-state index in [-0.39, 0.29) is 29.2 Å². The van der Waals surface area contributed by atoms with Gasteiger partial charge in [-0.25, -0.2) is 13.8 Å². The van der Waals surface area contributed by atoms with Crippen molar-refractivity contribution in [2.75, 3.05) is 12.4 Å². The predicted octanol–water partition coefficient (Wildman–Crippen LogP) is 2.74. The van der Waals surface area contributed by atoms with Gasteiger partial charge in [0.05, 0.1) is 18.4 Å². The normalized spacial score (nSPS) is 10.5. The van der Waals surface area contributed by atoms with E-state index in [0.29, 0.717) is 11.3 Å². The van der Waals surface area contributed by atoms with Crippen molar-refractivity contribution in [2.45, 2.75) is 6.54 Å². The van der Waals surface area contributed by atoms with Crippen molar-refractivity contribution < 1.29 is 18.3 Å². The quantitative estimate of drug-likeness (QED) is 0.665. The number of aryl methyl sites for hydroxylation is 1. The maximum Gasteiger partial charge on any atom is 0.255 e. The van der Waals surface area contributed by atoms with Gasteiger partial charge in [-0.05, 0) is 35.9 Å². The molecule has 0 fully saturated rings. The van der Waals surface area contributed by atoms with Crippen LogP contribution in [0.4, 0.5) is 20.2 Å². The van der Waals surface area contributed by atoms with Gasteiger partial charge in [-0.2, -0.15) is 0 Å². The van der Waals surface area contributed by atoms with Gasteiger partial charge in [-0.15, -0.1) is 0 Å². The van der Waals surface area contributed by atoms with Crippen LogP contribution in [0.1, 0.15) is 15.9 Å². The number of ether oxygens (including phenoxy) is 1. The van der Waals surface area contributed by atoms with Gasteiger partial charge < -0.3 is 19.9 Å². The number of carbonyl (C=O) groups excluding carboxylic acids is 1. The summed E-state index contributed by atoms with van der Waals surface area (Å²) in [5.74, 6) is -1.66. The highest BCUT2D eigenvalue weighted by atomic mass is 19.1. The van der Waals surface area contributed by atoms with E-state index in [4.69, 9.17) is 4.74 Å². The van der Waals surface area contributed by atoms with Gasteiger partial charge in [0.2, 0.25) is 5.88 Å². The number of halogens is 2. The monoisotopic (exact) mass is 400 g/mol. The fourth-order valence-electron chi connectivity index (χ4n) is 2.59. The van der Waals surface area contributed by atoms with Crippen LogP contribution < -0.4 is 20.9 Å². The van der Waals surface area contributed by atoms with E-state index in [9.17, 15) is 18.4 Å². The second kappa shape index (κ2) is 8.51. The fourth-order valence-corrected chi connectivity index (χ4v) is 2.59. The molecule has 2 heterocycles. The summed E-state index contributed by atoms with van der Waals surface area (Å²) in [6.07, 6.45) is 2.77. The molecule has 3 rings (SSSR count). The molecule has 0 saturated heterocycles. The maximum absolute atomic E-state index is 13.8. The van der Waals surface area contributed by atoms with Crippen LogP contribution in [0, 0.1) is 11.6 Å². The average Bonchev–Trinajstić information content (AvgIpc) is 2.70. The zero-order valence-corrected chi connectivity index (χ0v) is 15.7. The van der Waals surface area contributed by atoms with E-state index in [1.54, 1.807) is 0 Å². The Morgan fingerprint density at radius 1 is 1.21 bits per heavy atom. The van der Waals surface area contributed by atoms with E-state index >= 15 is 0 Å². The third-order valence-corrected chi connectivity index (χ3v) is 4.11. The summed E-state index contributed by atoms with van der Waals surface area (Å²) < 4.78 is 32.9. The first-order valence-corrected chi connectivity index (χ1v) is 8.57. The van der Waals surface area contributed by atoms with Gasteiger partial charge in [0, 0.05) is 37.7 Å². The molecule has 0 saturated carbocycles. The van der Waals surface area contributed by atoms with Gasteiger partial charge >= 0.3 is 0 Å². The summed E-state index contributed by atoms with van der Waals surface area (Å²) in [7, 11) is 2.83. The predicted molar refractivity (Wildman–Crippen MR) is 103 cm³/mol. The van der Waals surface area contributed by atoms with Crippen LogP contribution in [-0.4, -0.2) is 22.6 Å². The minimum absolute atomic E-state index is 0.0194. The number of nitrogens with zero attached hydrogens (tertiary/aromatic N) is 2. The van der Waals surface area contributed by atoms with Crippen molar-refractivity contribution in [1.29, 1.82) is 0 Å². The lowest BCUT2D eigenvalue weighted by atomic mass is 10.2. The Balaban J connectivity index is 1.81. The van der Waals surface area contributed by atoms with Gasteiger partial charge in [-0.1, -0.05) is 0 Å². The molecule has 3 aromatic rings. The lowest BCUT2D eigenvalue weighted by molar-refractivity contribution is 0.0951. The van der Waals surface area contributed by atoms with Crippen LogP contribution in [0.25, 0.3) is 0 Å². The molecule has 0 spiro atoms. The number of nitrogens with one attached hydrogen (secondary N) is 2. The minimum Gasteiger partial charge on any atom is -0.479 e. The molecule has 9 heteroatoms. The number of carbonyl (C=O) groups is 1. The number of methoxy groups -OCH3 is 1. The standard InChI is InChI=1S/C20H18F2N4O3/c1-26-11-15(17(8-18(26)27)25-14-5-3-13(21)4-6-14)19(28)23-9-12-7-16(22)20(29-2)24-10-12/h3-8,10-11,25H,9H2,1-2H3,(H,23,28). The highest BCUT2D eigenvalue weighted by Crippen LogP contribution is 2.20. The molecule has 7 nitrogen and oxygen atoms in total. The SMILES string of the molecule is COc1ncc(CNC(=O)c2cn(C)c(=O)cc2Nc2ccc(F)cc2)cc1F. The van der Waals surface area contributed by atoms with Crippen LogP contribution in [0.3, 0.4) is 0 Å². The molecule has 0 unspecified atom stereocenters. The Kier molecular flexibility index (Phi) is 5.87. The smallest absolute Gasteiger partial charge is 0.255 e. The highest BCUT2D eigenvalue weighted by molar-refractivity contribution is 6.00. The second-order valence-corrected chi connectivity index (χ2v) is 6.20. The Morgan fingerprint density at radius 3 is 2.59 bits per heavy atom. The van der Waals surface area contributed by atoms with Crippen molar-refractivity contribution in [3.63, 3.8) is 0 Å². The molecule has 0 aliphatic carbocycles. The number of pyridine rings is 2. The first-order valence-electron chi connectivity index (χ1n) is 8.57. The molecule has 0 radical (unpaired) electrons. The summed E-state index contributed by atoms with van der Waals surface area (Å²) in [6.45, 7) is 0.0194. The van der Waals surface area contributed by atoms with E-state index in [2.05, 4.69) is 15.6 Å². The minimum atomic E-state index is -0.639. The molecule has 150 valence electrons. The van der Waals surface area contributed by atoms with Gasteiger partial charge in [-0.3, -0.25) is 9.59 Å². The molecule has 2 N–H and O–H groups in total. The van der Waals surface area contributed by atoms with Crippen molar-refractivity contribution in [2.24, 2.45) is 7.05 Å². The topological polar surface area (TPSA) is 85.2 Å². The van der Waals surface area contributed by atoms with Crippen molar-refractivity contribution in [3.05, 3.63) is 81.9 Å². The molecular formula is C20H18F2N4O3. The van der Waals surface area contributed by atoms with Crippen molar-refractivity contribution >= 4 is 17.3 Å². The number of benzene rings is 1. The first-order chi connectivity index (χ1) is 13.9. The van der Waals surface area contributed by atoms with Gasteiger partial charge in [0.25, 0.3) is 11.5 Å². The third kappa shape index (κ3) is 4.75. The summed E-state index contributed by atoms with van der Waals surface area (Å²) >= 11 is 0. The van der Waals surface area contributed by atoms with Gasteiger partial charge in [0.1, 0.15) is 5.82 Å². The Bertz CT molecular complexity index is 1100. The molecule has 0 bridgehead atoms. The number of aromatic nitrogens is 2. The van der Waals surface area contributed by atoms with Crippen molar-refractivity contribution in [1.82, 2.24) is 14.9 Å². The first kappa shape index (κ1) is 20.0. The van der Waals surface area contributed by atoms with E-state index in [0.717, 1.165) is 0 Å². The summed E-state index contributed by atoms with van der Waals surface area (Å²) in [6, 6.07) is 7.97. The van der Waals surface area contributed by atoms with Crippen LogP contribution in [-0.2, 0) is 13.6 Å². The zero-order valence-electron chi connectivity index (χ0n) is 15.7. The van der Waals surface area contributed by atoms with E-state index < -0.39 is 17.5 Å². The summed E-state index contributed by atoms with van der Waals surface area (Å²) in [5, 5.41) is 5.60. The van der Waals surface area contributed by atoms with Crippen LogP contribution in [0.5, 0.6) is 5.88 Å². The van der Waals surface area contributed by atoms with Crippen LogP contribution in [0.15, 0.2) is 53.6 Å². The summed E-state index contributed by atoms with van der Waals surface area (Å²) in [5.41, 5.74) is 1.08. The second-order valence-electron chi connectivity index (χ2n) is 6.20. The number of anilines is 2. The number of amides is 1. The molecule has 29 heavy (non-hydrogen) atoms. The molecular weight excluding hydrogens is 382 g/mol. The Morgan fingerprint density at radius 2 is 1.93 bits per heavy atom. The summed E-state index contributed by atoms with van der Waals surface area (Å²) in [4.78, 5) is 28.5. The van der Waals surface area contributed by atoms with Gasteiger partial charge in [0.15, 0.2) is 5.82 Å². The van der Waals surface area contributed by atoms with Crippen molar-refractivity contribution in [3.8, 4) is 5.88 Å². The van der Waals surface area contributed by atoms with Crippen LogP contribution in [0.2, 0.25) is 0 Å². The molecule has 0 aliphatic heterocycles. The Hall–Kier alpha value is -3.75. The molecule has 1 amide bonds. The number of hydrogen-bond donors (Lipinski definition) is 2. The lowest BCUT2D eigenvalue weighted by Gasteiger charge is -2.14. The Labute approximate surface area is 165 Å². The molecule has 0 aliphatic rings. The number of rotatable bonds is 6. The number of hydrogen-bond acceptors (Lipinski definition) is 5. The highest BCUT2D eigenvalue weighted by Gasteiger charge is 2.15. The van der Waals surface area contributed by atoms with E-state index in [1.165, 1.54) is 67.5 Å². The largest absolute Gasteiger partial charge is 0.479 e. The maximum atomic E-state index is 13.8.